The summed E-state index contributed by atoms with van der Waals surface area (Å²) in [6.07, 6.45) is 3.25. The van der Waals surface area contributed by atoms with E-state index in [1.807, 2.05) is 12.1 Å². The van der Waals surface area contributed by atoms with Crippen LogP contribution in [0.1, 0.15) is 35.0 Å². The summed E-state index contributed by atoms with van der Waals surface area (Å²) in [5, 5.41) is 3.78. The number of H-pyrrole nitrogens is 1. The number of carbonyl (C=O) groups is 2. The third-order valence-electron chi connectivity index (χ3n) is 4.03. The molecule has 1 heterocycles. The SMILES string of the molecule is COC(=O)[C@@H](C)NC(=O)c1cccc2c3c([nH]c12)CCC3. The Morgan fingerprint density at radius 3 is 2.90 bits per heavy atom. The first-order chi connectivity index (χ1) is 10.1. The number of para-hydroxylation sites is 1. The number of rotatable bonds is 3. The standard InChI is InChI=1S/C16H18N2O3/c1-9(16(20)21-2)17-15(19)12-7-3-6-11-10-5-4-8-13(10)18-14(11)12/h3,6-7,9,18H,4-5,8H2,1-2H3,(H,17,19)/t9-/m1/s1. The lowest BCUT2D eigenvalue weighted by molar-refractivity contribution is -0.142. The molecule has 0 saturated carbocycles. The van der Waals surface area contributed by atoms with Gasteiger partial charge in [-0.05, 0) is 37.8 Å². The molecule has 2 aromatic rings. The molecule has 21 heavy (non-hydrogen) atoms. The van der Waals surface area contributed by atoms with E-state index in [0.29, 0.717) is 5.56 Å². The highest BCUT2D eigenvalue weighted by Crippen LogP contribution is 2.31. The molecule has 0 fully saturated rings. The van der Waals surface area contributed by atoms with Crippen molar-refractivity contribution in [3.8, 4) is 0 Å². The Balaban J connectivity index is 1.94. The summed E-state index contributed by atoms with van der Waals surface area (Å²) < 4.78 is 4.62. The van der Waals surface area contributed by atoms with Crippen molar-refractivity contribution in [3.63, 3.8) is 0 Å². The maximum Gasteiger partial charge on any atom is 0.328 e. The van der Waals surface area contributed by atoms with E-state index in [2.05, 4.69) is 15.0 Å². The minimum absolute atomic E-state index is 0.265. The molecule has 0 saturated heterocycles. The molecule has 0 aliphatic heterocycles. The van der Waals surface area contributed by atoms with E-state index < -0.39 is 12.0 Å². The Hall–Kier alpha value is -2.30. The summed E-state index contributed by atoms with van der Waals surface area (Å²) in [6, 6.07) is 5.02. The van der Waals surface area contributed by atoms with Crippen LogP contribution in [0.3, 0.4) is 0 Å². The van der Waals surface area contributed by atoms with E-state index in [1.165, 1.54) is 18.4 Å². The third kappa shape index (κ3) is 2.28. The van der Waals surface area contributed by atoms with Gasteiger partial charge in [0.05, 0.1) is 18.2 Å². The second-order valence-corrected chi connectivity index (χ2v) is 5.38. The van der Waals surface area contributed by atoms with Crippen molar-refractivity contribution in [3.05, 3.63) is 35.0 Å². The lowest BCUT2D eigenvalue weighted by Gasteiger charge is -2.12. The highest BCUT2D eigenvalue weighted by Gasteiger charge is 2.22. The molecule has 1 amide bonds. The van der Waals surface area contributed by atoms with Crippen molar-refractivity contribution in [2.24, 2.45) is 0 Å². The van der Waals surface area contributed by atoms with Crippen LogP contribution in [0.25, 0.3) is 10.9 Å². The maximum absolute atomic E-state index is 12.4. The zero-order valence-electron chi connectivity index (χ0n) is 12.2. The van der Waals surface area contributed by atoms with Gasteiger partial charge in [0, 0.05) is 11.1 Å². The quantitative estimate of drug-likeness (QED) is 0.847. The number of methoxy groups -OCH3 is 1. The van der Waals surface area contributed by atoms with Crippen molar-refractivity contribution < 1.29 is 14.3 Å². The van der Waals surface area contributed by atoms with Crippen LogP contribution in [0.4, 0.5) is 0 Å². The van der Waals surface area contributed by atoms with Crippen molar-refractivity contribution in [1.82, 2.24) is 10.3 Å². The van der Waals surface area contributed by atoms with Crippen LogP contribution in [0.5, 0.6) is 0 Å². The third-order valence-corrected chi connectivity index (χ3v) is 4.03. The molecule has 1 aliphatic carbocycles. The lowest BCUT2D eigenvalue weighted by Crippen LogP contribution is -2.39. The number of fused-ring (bicyclic) bond motifs is 3. The van der Waals surface area contributed by atoms with Gasteiger partial charge >= 0.3 is 5.97 Å². The van der Waals surface area contributed by atoms with Crippen LogP contribution in [0.2, 0.25) is 0 Å². The Morgan fingerprint density at radius 1 is 1.33 bits per heavy atom. The van der Waals surface area contributed by atoms with E-state index in [0.717, 1.165) is 30.2 Å². The van der Waals surface area contributed by atoms with Crippen molar-refractivity contribution >= 4 is 22.8 Å². The van der Waals surface area contributed by atoms with Gasteiger partial charge in [0.15, 0.2) is 0 Å². The van der Waals surface area contributed by atoms with Crippen molar-refractivity contribution in [2.45, 2.75) is 32.2 Å². The Labute approximate surface area is 122 Å². The minimum atomic E-state index is -0.667. The van der Waals surface area contributed by atoms with E-state index in [9.17, 15) is 9.59 Å². The van der Waals surface area contributed by atoms with Gasteiger partial charge in [-0.3, -0.25) is 4.79 Å². The number of aromatic nitrogens is 1. The van der Waals surface area contributed by atoms with Gasteiger partial charge in [-0.2, -0.15) is 0 Å². The molecular formula is C16H18N2O3. The number of nitrogens with one attached hydrogen (secondary N) is 2. The number of ether oxygens (including phenoxy) is 1. The number of hydrogen-bond donors (Lipinski definition) is 2. The fourth-order valence-electron chi connectivity index (χ4n) is 2.97. The fourth-order valence-corrected chi connectivity index (χ4v) is 2.97. The van der Waals surface area contributed by atoms with Crippen LogP contribution in [-0.2, 0) is 22.4 Å². The maximum atomic E-state index is 12.4. The average molecular weight is 286 g/mol. The molecule has 3 rings (SSSR count). The second kappa shape index (κ2) is 5.24. The van der Waals surface area contributed by atoms with E-state index in [1.54, 1.807) is 13.0 Å². The molecule has 0 spiro atoms. The largest absolute Gasteiger partial charge is 0.467 e. The summed E-state index contributed by atoms with van der Waals surface area (Å²) in [7, 11) is 1.31. The predicted octanol–water partition coefficient (Wildman–Crippen LogP) is 1.95. The van der Waals surface area contributed by atoms with E-state index >= 15 is 0 Å². The lowest BCUT2D eigenvalue weighted by atomic mass is 10.1. The number of aromatic amines is 1. The molecule has 2 N–H and O–H groups in total. The number of hydrogen-bond acceptors (Lipinski definition) is 3. The molecule has 0 bridgehead atoms. The molecule has 1 atom stereocenters. The van der Waals surface area contributed by atoms with Crippen molar-refractivity contribution in [1.29, 1.82) is 0 Å². The molecule has 5 nitrogen and oxygen atoms in total. The molecule has 0 radical (unpaired) electrons. The van der Waals surface area contributed by atoms with Crippen LogP contribution < -0.4 is 5.32 Å². The van der Waals surface area contributed by atoms with Gasteiger partial charge in [0.1, 0.15) is 6.04 Å². The summed E-state index contributed by atoms with van der Waals surface area (Å²) >= 11 is 0. The molecule has 5 heteroatoms. The summed E-state index contributed by atoms with van der Waals surface area (Å²) in [5.74, 6) is -0.720. The first-order valence-electron chi connectivity index (χ1n) is 7.13. The number of amides is 1. The molecular weight excluding hydrogens is 268 g/mol. The molecule has 1 aromatic heterocycles. The van der Waals surface area contributed by atoms with Gasteiger partial charge in [-0.15, -0.1) is 0 Å². The van der Waals surface area contributed by atoms with Crippen LogP contribution >= 0.6 is 0 Å². The number of esters is 1. The molecule has 0 unspecified atom stereocenters. The van der Waals surface area contributed by atoms with E-state index in [4.69, 9.17) is 0 Å². The Morgan fingerprint density at radius 2 is 2.14 bits per heavy atom. The summed E-state index contributed by atoms with van der Waals surface area (Å²) in [4.78, 5) is 27.2. The predicted molar refractivity (Wildman–Crippen MR) is 79.3 cm³/mol. The van der Waals surface area contributed by atoms with Gasteiger partial charge in [-0.25, -0.2) is 4.79 Å². The zero-order chi connectivity index (χ0) is 15.0. The minimum Gasteiger partial charge on any atom is -0.467 e. The number of carbonyl (C=O) groups excluding carboxylic acids is 2. The van der Waals surface area contributed by atoms with Gasteiger partial charge < -0.3 is 15.0 Å². The number of benzene rings is 1. The topological polar surface area (TPSA) is 71.2 Å². The van der Waals surface area contributed by atoms with Gasteiger partial charge in [0.25, 0.3) is 5.91 Å². The highest BCUT2D eigenvalue weighted by molar-refractivity contribution is 6.07. The Kier molecular flexibility index (Phi) is 3.41. The van der Waals surface area contributed by atoms with E-state index in [-0.39, 0.29) is 5.91 Å². The van der Waals surface area contributed by atoms with Gasteiger partial charge in [0.2, 0.25) is 0 Å². The highest BCUT2D eigenvalue weighted by atomic mass is 16.5. The van der Waals surface area contributed by atoms with Crippen molar-refractivity contribution in [2.75, 3.05) is 7.11 Å². The van der Waals surface area contributed by atoms with Crippen LogP contribution in [0.15, 0.2) is 18.2 Å². The second-order valence-electron chi connectivity index (χ2n) is 5.38. The van der Waals surface area contributed by atoms with Crippen LogP contribution in [0, 0.1) is 0 Å². The first kappa shape index (κ1) is 13.7. The molecule has 110 valence electrons. The summed E-state index contributed by atoms with van der Waals surface area (Å²) in [6.45, 7) is 1.61. The monoisotopic (exact) mass is 286 g/mol. The smallest absolute Gasteiger partial charge is 0.328 e. The summed E-state index contributed by atoms with van der Waals surface area (Å²) in [5.41, 5.74) is 3.97. The van der Waals surface area contributed by atoms with Crippen LogP contribution in [-0.4, -0.2) is 30.0 Å². The zero-order valence-corrected chi connectivity index (χ0v) is 12.2. The molecule has 1 aliphatic rings. The Bertz CT molecular complexity index is 718. The fraction of sp³-hybridized carbons (Fsp3) is 0.375. The van der Waals surface area contributed by atoms with Gasteiger partial charge in [-0.1, -0.05) is 12.1 Å². The average Bonchev–Trinajstić information content (AvgIpc) is 3.06. The first-order valence-corrected chi connectivity index (χ1v) is 7.13. The molecule has 1 aromatic carbocycles. The number of aryl methyl sites for hydroxylation is 2. The normalized spacial score (nSPS) is 14.8.